The Labute approximate surface area is 162 Å². The summed E-state index contributed by atoms with van der Waals surface area (Å²) in [4.78, 5) is 28.0. The fourth-order valence-electron chi connectivity index (χ4n) is 3.09. The van der Waals surface area contributed by atoms with Crippen molar-refractivity contribution < 1.29 is 28.1 Å². The molecule has 1 saturated heterocycles. The summed E-state index contributed by atoms with van der Waals surface area (Å²) in [6.07, 6.45) is 2.10. The summed E-state index contributed by atoms with van der Waals surface area (Å²) in [5.74, 6) is -0.810. The lowest BCUT2D eigenvalue weighted by atomic mass is 10.2. The Hall–Kier alpha value is -2.78. The van der Waals surface area contributed by atoms with Crippen molar-refractivity contribution in [1.29, 1.82) is 0 Å². The van der Waals surface area contributed by atoms with Crippen LogP contribution in [0.3, 0.4) is 0 Å². The number of amides is 2. The van der Waals surface area contributed by atoms with Crippen LogP contribution in [0.25, 0.3) is 0 Å². The van der Waals surface area contributed by atoms with E-state index in [9.17, 15) is 14.0 Å². The number of carbonyl (C=O) groups excluding carboxylic acids is 2. The molecule has 0 aliphatic carbocycles. The monoisotopic (exact) mass is 391 g/mol. The van der Waals surface area contributed by atoms with E-state index in [2.05, 4.69) is 15.0 Å². The maximum atomic E-state index is 13.2. The Morgan fingerprint density at radius 2 is 1.93 bits per heavy atom. The number of aromatic nitrogens is 1. The number of anilines is 1. The van der Waals surface area contributed by atoms with Gasteiger partial charge in [-0.1, -0.05) is 5.16 Å². The number of quaternary nitrogens is 1. The Bertz CT molecular complexity index is 761. The fourth-order valence-corrected chi connectivity index (χ4v) is 3.09. The highest BCUT2D eigenvalue weighted by molar-refractivity contribution is 5.99. The highest BCUT2D eigenvalue weighted by atomic mass is 19.1. The molecule has 8 nitrogen and oxygen atoms in total. The number of morpholine rings is 1. The van der Waals surface area contributed by atoms with E-state index in [1.165, 1.54) is 46.4 Å². The molecule has 1 aromatic carbocycles. The van der Waals surface area contributed by atoms with Gasteiger partial charge in [-0.05, 0) is 24.3 Å². The minimum Gasteiger partial charge on any atom is -0.370 e. The first-order valence-corrected chi connectivity index (χ1v) is 9.28. The van der Waals surface area contributed by atoms with Crippen LogP contribution in [0.15, 0.2) is 41.1 Å². The topological polar surface area (TPSA) is 89.1 Å². The summed E-state index contributed by atoms with van der Waals surface area (Å²) in [6.45, 7) is 4.56. The summed E-state index contributed by atoms with van der Waals surface area (Å²) in [6, 6.07) is 6.84. The second-order valence-corrected chi connectivity index (χ2v) is 6.63. The van der Waals surface area contributed by atoms with Crippen LogP contribution in [-0.2, 0) is 9.53 Å². The smallest absolute Gasteiger partial charge is 0.254 e. The molecule has 0 atom stereocenters. The third kappa shape index (κ3) is 5.86. The highest BCUT2D eigenvalue weighted by Gasteiger charge is 2.21. The van der Waals surface area contributed by atoms with E-state index in [0.717, 1.165) is 39.3 Å². The molecule has 1 aliphatic heterocycles. The van der Waals surface area contributed by atoms with E-state index in [1.807, 2.05) is 0 Å². The van der Waals surface area contributed by atoms with E-state index in [4.69, 9.17) is 4.74 Å². The highest BCUT2D eigenvalue weighted by Crippen LogP contribution is 2.08. The molecule has 2 amide bonds. The van der Waals surface area contributed by atoms with Crippen molar-refractivity contribution in [2.75, 3.05) is 51.3 Å². The number of nitrogens with one attached hydrogen (secondary N) is 2. The number of ether oxygens (including phenoxy) is 1. The van der Waals surface area contributed by atoms with Crippen molar-refractivity contribution in [3.8, 4) is 0 Å². The van der Waals surface area contributed by atoms with E-state index in [0.29, 0.717) is 12.1 Å². The first-order chi connectivity index (χ1) is 13.6. The minimum atomic E-state index is -0.414. The zero-order chi connectivity index (χ0) is 19.8. The maximum Gasteiger partial charge on any atom is 0.254 e. The summed E-state index contributed by atoms with van der Waals surface area (Å²) < 4.78 is 23.2. The van der Waals surface area contributed by atoms with Crippen molar-refractivity contribution in [3.63, 3.8) is 0 Å². The van der Waals surface area contributed by atoms with Gasteiger partial charge in [0.05, 0.1) is 19.8 Å². The van der Waals surface area contributed by atoms with Crippen molar-refractivity contribution in [2.24, 2.45) is 0 Å². The van der Waals surface area contributed by atoms with E-state index >= 15 is 0 Å². The third-order valence-electron chi connectivity index (χ3n) is 4.58. The largest absolute Gasteiger partial charge is 0.370 e. The van der Waals surface area contributed by atoms with E-state index < -0.39 is 5.82 Å². The molecule has 2 heterocycles. The predicted octanol–water partition coefficient (Wildman–Crippen LogP) is 0.200. The lowest BCUT2D eigenvalue weighted by molar-refractivity contribution is -0.908. The van der Waals surface area contributed by atoms with Crippen molar-refractivity contribution in [2.45, 2.75) is 6.42 Å². The molecule has 2 aromatic rings. The van der Waals surface area contributed by atoms with Crippen LogP contribution < -0.4 is 10.2 Å². The van der Waals surface area contributed by atoms with Gasteiger partial charge in [-0.15, -0.1) is 0 Å². The van der Waals surface area contributed by atoms with E-state index in [-0.39, 0.29) is 24.2 Å². The number of nitrogens with zero attached hydrogens (tertiary/aromatic N) is 2. The number of hydrogen-bond acceptors (Lipinski definition) is 5. The van der Waals surface area contributed by atoms with Crippen LogP contribution in [0.1, 0.15) is 16.8 Å². The summed E-state index contributed by atoms with van der Waals surface area (Å²) in [5.41, 5.74) is 0.342. The van der Waals surface area contributed by atoms with Crippen LogP contribution in [-0.4, -0.2) is 67.8 Å². The zero-order valence-electron chi connectivity index (χ0n) is 15.5. The van der Waals surface area contributed by atoms with Gasteiger partial charge in [-0.3, -0.25) is 9.59 Å². The fraction of sp³-hybridized carbons (Fsp3) is 0.421. The standard InChI is InChI=1S/C19H23FN4O4/c20-16-4-2-15(3-5-16)19(26)24(8-1-7-23-9-12-27-13-10-23)14-18(25)21-17-6-11-28-22-17/h2-6,11H,1,7-10,12-14H2,(H,21,22,25)/p+1. The van der Waals surface area contributed by atoms with Gasteiger partial charge in [0.1, 0.15) is 31.7 Å². The lowest BCUT2D eigenvalue weighted by Gasteiger charge is -2.26. The van der Waals surface area contributed by atoms with Gasteiger partial charge < -0.3 is 24.4 Å². The molecule has 0 unspecified atom stereocenters. The molecule has 3 rings (SSSR count). The number of halogens is 1. The number of benzene rings is 1. The Morgan fingerprint density at radius 1 is 1.18 bits per heavy atom. The Balaban J connectivity index is 1.60. The first kappa shape index (κ1) is 20.0. The van der Waals surface area contributed by atoms with Gasteiger partial charge in [0.2, 0.25) is 5.91 Å². The molecular formula is C19H24FN4O4+. The molecule has 0 bridgehead atoms. The van der Waals surface area contributed by atoms with Gasteiger partial charge in [0, 0.05) is 24.6 Å². The number of hydrogen-bond donors (Lipinski definition) is 2. The average Bonchev–Trinajstić information content (AvgIpc) is 3.21. The van der Waals surface area contributed by atoms with Gasteiger partial charge >= 0.3 is 0 Å². The van der Waals surface area contributed by atoms with Crippen LogP contribution in [0.5, 0.6) is 0 Å². The second kappa shape index (κ2) is 9.95. The van der Waals surface area contributed by atoms with Gasteiger partial charge in [0.15, 0.2) is 5.82 Å². The third-order valence-corrected chi connectivity index (χ3v) is 4.58. The summed E-state index contributed by atoms with van der Waals surface area (Å²) in [7, 11) is 0. The summed E-state index contributed by atoms with van der Waals surface area (Å²) in [5, 5.41) is 6.22. The maximum absolute atomic E-state index is 13.2. The van der Waals surface area contributed by atoms with E-state index in [1.54, 1.807) is 0 Å². The molecule has 1 fully saturated rings. The Morgan fingerprint density at radius 3 is 2.61 bits per heavy atom. The normalized spacial score (nSPS) is 14.6. The van der Waals surface area contributed by atoms with Crippen molar-refractivity contribution in [3.05, 3.63) is 48.0 Å². The Kier molecular flexibility index (Phi) is 7.10. The second-order valence-electron chi connectivity index (χ2n) is 6.63. The summed E-state index contributed by atoms with van der Waals surface area (Å²) >= 11 is 0. The molecule has 2 N–H and O–H groups in total. The zero-order valence-corrected chi connectivity index (χ0v) is 15.5. The van der Waals surface area contributed by atoms with Crippen LogP contribution >= 0.6 is 0 Å². The molecule has 1 aromatic heterocycles. The van der Waals surface area contributed by atoms with Crippen molar-refractivity contribution in [1.82, 2.24) is 10.1 Å². The van der Waals surface area contributed by atoms with Gasteiger partial charge in [0.25, 0.3) is 5.91 Å². The van der Waals surface area contributed by atoms with Crippen molar-refractivity contribution >= 4 is 17.6 Å². The van der Waals surface area contributed by atoms with Crippen LogP contribution in [0.2, 0.25) is 0 Å². The molecule has 1 aliphatic rings. The molecule has 0 radical (unpaired) electrons. The molecule has 0 saturated carbocycles. The number of rotatable bonds is 8. The molecular weight excluding hydrogens is 367 g/mol. The quantitative estimate of drug-likeness (QED) is 0.671. The van der Waals surface area contributed by atoms with Gasteiger partial charge in [-0.25, -0.2) is 4.39 Å². The lowest BCUT2D eigenvalue weighted by Crippen LogP contribution is -3.14. The molecule has 9 heteroatoms. The predicted molar refractivity (Wildman–Crippen MR) is 98.4 cm³/mol. The number of carbonyl (C=O) groups is 2. The molecule has 0 spiro atoms. The van der Waals surface area contributed by atoms with Crippen LogP contribution in [0.4, 0.5) is 10.2 Å². The molecule has 28 heavy (non-hydrogen) atoms. The minimum absolute atomic E-state index is 0.123. The molecule has 150 valence electrons. The van der Waals surface area contributed by atoms with Gasteiger partial charge in [-0.2, -0.15) is 0 Å². The SMILES string of the molecule is O=C(CN(CCC[NH+]1CCOCC1)C(=O)c1ccc(F)cc1)Nc1ccon1. The first-order valence-electron chi connectivity index (χ1n) is 9.28. The average molecular weight is 391 g/mol. The van der Waals surface area contributed by atoms with Crippen LogP contribution in [0, 0.1) is 5.82 Å².